The van der Waals surface area contributed by atoms with Crippen LogP contribution >= 0.6 is 11.8 Å². The van der Waals surface area contributed by atoms with Crippen LogP contribution in [-0.4, -0.2) is 94.5 Å². The van der Waals surface area contributed by atoms with Gasteiger partial charge >= 0.3 is 5.51 Å². The van der Waals surface area contributed by atoms with Gasteiger partial charge in [-0.1, -0.05) is 5.16 Å². The van der Waals surface area contributed by atoms with Gasteiger partial charge in [0.2, 0.25) is 17.5 Å². The molecule has 0 aromatic carbocycles. The lowest BCUT2D eigenvalue weighted by Gasteiger charge is -2.33. The lowest BCUT2D eigenvalue weighted by molar-refractivity contribution is -0.0329. The van der Waals surface area contributed by atoms with Crippen LogP contribution in [0.25, 0.3) is 16.9 Å². The van der Waals surface area contributed by atoms with Crippen molar-refractivity contribution in [3.05, 3.63) is 42.2 Å². The molecule has 4 aromatic heterocycles. The van der Waals surface area contributed by atoms with Crippen LogP contribution in [0.4, 0.5) is 29.3 Å². The summed E-state index contributed by atoms with van der Waals surface area (Å²) < 4.78 is 73.1. The number of morpholine rings is 1. The Hall–Kier alpha value is -3.83. The van der Waals surface area contributed by atoms with Crippen molar-refractivity contribution in [3.63, 3.8) is 0 Å². The highest BCUT2D eigenvalue weighted by molar-refractivity contribution is 8.00. The fourth-order valence-electron chi connectivity index (χ4n) is 5.04. The third-order valence-corrected chi connectivity index (χ3v) is 8.01. The van der Waals surface area contributed by atoms with Crippen molar-refractivity contribution in [2.24, 2.45) is 0 Å². The molecule has 2 saturated heterocycles. The van der Waals surface area contributed by atoms with Crippen molar-refractivity contribution < 1.29 is 36.0 Å². The molecule has 0 radical (unpaired) electrons. The summed E-state index contributed by atoms with van der Waals surface area (Å²) in [7, 11) is 1.84. The fourth-order valence-corrected chi connectivity index (χ4v) is 5.78. The van der Waals surface area contributed by atoms with Crippen LogP contribution in [0.5, 0.6) is 0 Å². The summed E-state index contributed by atoms with van der Waals surface area (Å²) >= 11 is -0.315. The number of piperidine rings is 1. The molecule has 0 saturated carbocycles. The zero-order valence-corrected chi connectivity index (χ0v) is 23.8. The maximum atomic E-state index is 14.7. The molecule has 230 valence electrons. The van der Waals surface area contributed by atoms with Gasteiger partial charge in [-0.15, -0.1) is 0 Å². The summed E-state index contributed by atoms with van der Waals surface area (Å²) in [6.45, 7) is 2.97. The van der Waals surface area contributed by atoms with Crippen molar-refractivity contribution in [2.75, 3.05) is 56.7 Å². The molecule has 6 heterocycles. The van der Waals surface area contributed by atoms with Gasteiger partial charge in [0, 0.05) is 44.1 Å². The number of ether oxygens (including phenoxy) is 1. The predicted octanol–water partition coefficient (Wildman–Crippen LogP) is 3.81. The molecule has 1 amide bonds. The number of hydrogen-bond acceptors (Lipinski definition) is 11. The van der Waals surface area contributed by atoms with Gasteiger partial charge in [0.05, 0.1) is 53.8 Å². The summed E-state index contributed by atoms with van der Waals surface area (Å²) in [5.74, 6) is -0.726. The number of fused-ring (bicyclic) bond motifs is 1. The Morgan fingerprint density at radius 1 is 1.23 bits per heavy atom. The maximum absolute atomic E-state index is 14.7. The van der Waals surface area contributed by atoms with E-state index in [4.69, 9.17) is 13.7 Å². The second-order valence-electron chi connectivity index (χ2n) is 10.2. The van der Waals surface area contributed by atoms with Crippen molar-refractivity contribution >= 4 is 34.9 Å². The smallest absolute Gasteiger partial charge is 0.418 e. The summed E-state index contributed by atoms with van der Waals surface area (Å²) in [6, 6.07) is 4.60. The maximum Gasteiger partial charge on any atom is 0.447 e. The number of anilines is 2. The number of thioether (sulfide) groups is 1. The van der Waals surface area contributed by atoms with Crippen LogP contribution in [0.1, 0.15) is 22.9 Å². The second kappa shape index (κ2) is 12.0. The fraction of sp³-hybridized carbons (Fsp3) is 0.462. The lowest BCUT2D eigenvalue weighted by Crippen LogP contribution is -2.46. The highest BCUT2D eigenvalue weighted by atomic mass is 32.2. The Balaban J connectivity index is 1.21. The van der Waals surface area contributed by atoms with E-state index in [0.717, 1.165) is 0 Å². The van der Waals surface area contributed by atoms with E-state index in [1.165, 1.54) is 22.9 Å². The third kappa shape index (κ3) is 6.57. The van der Waals surface area contributed by atoms with Gasteiger partial charge in [-0.2, -0.15) is 18.2 Å². The van der Waals surface area contributed by atoms with Gasteiger partial charge < -0.3 is 38.5 Å². The minimum Gasteiger partial charge on any atom is -0.418 e. The molecule has 2 N–H and O–H groups in total. The first-order chi connectivity index (χ1) is 20.6. The Labute approximate surface area is 246 Å². The third-order valence-electron chi connectivity index (χ3n) is 7.17. The molecule has 2 fully saturated rings. The summed E-state index contributed by atoms with van der Waals surface area (Å²) in [4.78, 5) is 24.7. The molecule has 0 spiro atoms. The predicted molar refractivity (Wildman–Crippen MR) is 148 cm³/mol. The van der Waals surface area contributed by atoms with Crippen LogP contribution in [0.2, 0.25) is 0 Å². The largest absolute Gasteiger partial charge is 0.447 e. The molecule has 2 aliphatic heterocycles. The standard InChI is InChI=1S/C26H28F4N8O4S/c1-36-6-4-17(16(27)14-36)33-18-3-2-5-38-19(18)11-15(24(38)43-26(28,29)30)22-34-21(42-35-22)13-31-23(39)20-12-32-25(41-20)37-7-9-40-10-8-37/h2-3,5,11-12,16-17,33H,4,6-10,13-14H2,1H3,(H,31,39)/t16-,17+/m0/s1. The average Bonchev–Trinajstić information content (AvgIpc) is 3.73. The molecule has 2 aliphatic rings. The van der Waals surface area contributed by atoms with E-state index in [2.05, 4.69) is 25.8 Å². The Kier molecular flexibility index (Phi) is 8.19. The number of nitrogens with zero attached hydrogens (tertiary/aromatic N) is 6. The lowest BCUT2D eigenvalue weighted by atomic mass is 10.0. The van der Waals surface area contributed by atoms with Crippen molar-refractivity contribution in [1.82, 2.24) is 29.7 Å². The number of halogens is 4. The molecule has 4 aromatic rings. The number of carbonyl (C=O) groups excluding carboxylic acids is 1. The molecule has 0 bridgehead atoms. The molecule has 0 unspecified atom stereocenters. The van der Waals surface area contributed by atoms with Crippen LogP contribution in [0.3, 0.4) is 0 Å². The monoisotopic (exact) mass is 624 g/mol. The van der Waals surface area contributed by atoms with Gasteiger partial charge in [0.1, 0.15) is 6.17 Å². The van der Waals surface area contributed by atoms with Crippen LogP contribution < -0.4 is 15.5 Å². The second-order valence-corrected chi connectivity index (χ2v) is 11.3. The van der Waals surface area contributed by atoms with Gasteiger partial charge in [-0.3, -0.25) is 4.79 Å². The van der Waals surface area contributed by atoms with Crippen LogP contribution in [0.15, 0.2) is 44.6 Å². The number of likely N-dealkylation sites (tertiary alicyclic amines) is 1. The summed E-state index contributed by atoms with van der Waals surface area (Å²) in [5.41, 5.74) is -3.66. The minimum absolute atomic E-state index is 0.0241. The number of aromatic nitrogens is 4. The Morgan fingerprint density at radius 3 is 2.81 bits per heavy atom. The average molecular weight is 625 g/mol. The normalized spacial score (nSPS) is 20.1. The van der Waals surface area contributed by atoms with Crippen molar-refractivity contribution in [3.8, 4) is 11.4 Å². The number of pyridine rings is 1. The van der Waals surface area contributed by atoms with E-state index in [9.17, 15) is 22.4 Å². The molecule has 43 heavy (non-hydrogen) atoms. The first-order valence-electron chi connectivity index (χ1n) is 13.5. The van der Waals surface area contributed by atoms with Gasteiger partial charge in [0.25, 0.3) is 11.9 Å². The topological polar surface area (TPSA) is 126 Å². The Bertz CT molecular complexity index is 1580. The zero-order chi connectivity index (χ0) is 30.1. The quantitative estimate of drug-likeness (QED) is 0.220. The van der Waals surface area contributed by atoms with E-state index >= 15 is 0 Å². The Morgan fingerprint density at radius 2 is 2.05 bits per heavy atom. The molecular formula is C26H28F4N8O4S. The summed E-state index contributed by atoms with van der Waals surface area (Å²) in [6.07, 6.45) is 2.19. The SMILES string of the molecule is CN1CC[C@@H](Nc2cccn3c(SC(F)(F)F)c(-c4noc(CNC(=O)c5cnc(N6CCOCC6)o5)n4)cc23)[C@@H](F)C1. The molecular weight excluding hydrogens is 596 g/mol. The van der Waals surface area contributed by atoms with E-state index in [1.54, 1.807) is 12.1 Å². The van der Waals surface area contributed by atoms with Gasteiger partial charge in [-0.25, -0.2) is 9.37 Å². The van der Waals surface area contributed by atoms with Crippen LogP contribution in [0, 0.1) is 0 Å². The highest BCUT2D eigenvalue weighted by Gasteiger charge is 2.34. The highest BCUT2D eigenvalue weighted by Crippen LogP contribution is 2.44. The van der Waals surface area contributed by atoms with E-state index in [0.29, 0.717) is 56.5 Å². The summed E-state index contributed by atoms with van der Waals surface area (Å²) in [5, 5.41) is 9.47. The minimum atomic E-state index is -4.61. The molecule has 17 heteroatoms. The zero-order valence-electron chi connectivity index (χ0n) is 22.9. The molecule has 12 nitrogen and oxygen atoms in total. The number of hydrogen-bond donors (Lipinski definition) is 2. The van der Waals surface area contributed by atoms with Crippen molar-refractivity contribution in [1.29, 1.82) is 0 Å². The van der Waals surface area contributed by atoms with Gasteiger partial charge in [-0.05, 0) is 31.7 Å². The molecule has 0 aliphatic carbocycles. The number of alkyl halides is 4. The number of carbonyl (C=O) groups is 1. The number of oxazole rings is 1. The van der Waals surface area contributed by atoms with Crippen molar-refractivity contribution in [2.45, 2.75) is 35.7 Å². The van der Waals surface area contributed by atoms with E-state index < -0.39 is 23.6 Å². The first-order valence-corrected chi connectivity index (χ1v) is 14.3. The van der Waals surface area contributed by atoms with Crippen LogP contribution in [-0.2, 0) is 11.3 Å². The number of rotatable bonds is 8. The molecule has 6 rings (SSSR count). The first kappa shape index (κ1) is 29.3. The number of nitrogens with one attached hydrogen (secondary N) is 2. The van der Waals surface area contributed by atoms with E-state index in [1.807, 2.05) is 16.8 Å². The number of amides is 1. The van der Waals surface area contributed by atoms with Gasteiger partial charge in [0.15, 0.2) is 0 Å². The molecule has 2 atom stereocenters. The van der Waals surface area contributed by atoms with E-state index in [-0.39, 0.29) is 52.9 Å².